The highest BCUT2D eigenvalue weighted by Gasteiger charge is 2.14. The molecule has 0 radical (unpaired) electrons. The third-order valence-corrected chi connectivity index (χ3v) is 2.94. The Morgan fingerprint density at radius 1 is 1.53 bits per heavy atom. The van der Waals surface area contributed by atoms with Crippen molar-refractivity contribution in [2.75, 3.05) is 13.2 Å². The molecule has 0 aliphatic rings. The van der Waals surface area contributed by atoms with Gasteiger partial charge in [-0.05, 0) is 19.1 Å². The second kappa shape index (κ2) is 6.04. The highest BCUT2D eigenvalue weighted by Crippen LogP contribution is 2.24. The van der Waals surface area contributed by atoms with Gasteiger partial charge in [0.25, 0.3) is 0 Å². The summed E-state index contributed by atoms with van der Waals surface area (Å²) in [6.07, 6.45) is 0. The molecule has 0 spiro atoms. The van der Waals surface area contributed by atoms with Crippen LogP contribution in [0.1, 0.15) is 18.1 Å². The van der Waals surface area contributed by atoms with Gasteiger partial charge in [0, 0.05) is 6.54 Å². The van der Waals surface area contributed by atoms with Crippen molar-refractivity contribution in [1.82, 2.24) is 9.55 Å². The summed E-state index contributed by atoms with van der Waals surface area (Å²) in [5.41, 5.74) is 6.93. The summed E-state index contributed by atoms with van der Waals surface area (Å²) in [5.74, 6) is 0.326. The monoisotopic (exact) mass is 281 g/mol. The van der Waals surface area contributed by atoms with Gasteiger partial charge in [-0.15, -0.1) is 11.6 Å². The van der Waals surface area contributed by atoms with Crippen LogP contribution in [0.25, 0.3) is 11.0 Å². The molecule has 1 amide bonds. The Morgan fingerprint density at radius 3 is 2.95 bits per heavy atom. The largest absolute Gasteiger partial charge is 0.370 e. The van der Waals surface area contributed by atoms with Crippen molar-refractivity contribution in [2.45, 2.75) is 18.8 Å². The smallest absolute Gasteiger partial charge is 0.243 e. The first-order valence-electron chi connectivity index (χ1n) is 6.05. The minimum atomic E-state index is -0.471. The molecular formula is C13H16ClN3O2. The lowest BCUT2D eigenvalue weighted by Crippen LogP contribution is -2.20. The molecule has 2 N–H and O–H groups in total. The van der Waals surface area contributed by atoms with Crippen molar-refractivity contribution in [1.29, 1.82) is 0 Å². The average Bonchev–Trinajstić information content (AvgIpc) is 2.73. The van der Waals surface area contributed by atoms with Crippen molar-refractivity contribution in [3.05, 3.63) is 30.1 Å². The minimum absolute atomic E-state index is 0.0710. The van der Waals surface area contributed by atoms with Crippen LogP contribution < -0.4 is 5.73 Å². The number of nitrogens with zero attached hydrogens (tertiary/aromatic N) is 2. The van der Waals surface area contributed by atoms with Gasteiger partial charge in [0.05, 0.1) is 23.0 Å². The summed E-state index contributed by atoms with van der Waals surface area (Å²) in [6, 6.07) is 7.82. The number of halogens is 1. The third kappa shape index (κ3) is 3.24. The standard InChI is InChI=1S/C13H16ClN3O2/c1-9(14)13-16-10-4-2-3-5-11(10)17(13)6-7-19-8-12(15)18/h2-5,9H,6-8H2,1H3,(H2,15,18). The number of benzene rings is 1. The number of ether oxygens (including phenoxy) is 1. The van der Waals surface area contributed by atoms with Gasteiger partial charge in [0.1, 0.15) is 12.4 Å². The van der Waals surface area contributed by atoms with E-state index < -0.39 is 5.91 Å². The number of imidazole rings is 1. The van der Waals surface area contributed by atoms with E-state index in [1.807, 2.05) is 35.8 Å². The van der Waals surface area contributed by atoms with E-state index in [-0.39, 0.29) is 12.0 Å². The maximum Gasteiger partial charge on any atom is 0.243 e. The van der Waals surface area contributed by atoms with Gasteiger partial charge in [-0.2, -0.15) is 0 Å². The number of hydrogen-bond acceptors (Lipinski definition) is 3. The van der Waals surface area contributed by atoms with Crippen LogP contribution in [0.3, 0.4) is 0 Å². The van der Waals surface area contributed by atoms with Crippen molar-refractivity contribution in [3.8, 4) is 0 Å². The number of hydrogen-bond donors (Lipinski definition) is 1. The fraction of sp³-hybridized carbons (Fsp3) is 0.385. The zero-order valence-corrected chi connectivity index (χ0v) is 11.4. The van der Waals surface area contributed by atoms with Crippen LogP contribution in [0.4, 0.5) is 0 Å². The Balaban J connectivity index is 2.19. The fourth-order valence-corrected chi connectivity index (χ4v) is 2.13. The topological polar surface area (TPSA) is 70.1 Å². The van der Waals surface area contributed by atoms with Crippen LogP contribution in [0, 0.1) is 0 Å². The van der Waals surface area contributed by atoms with E-state index >= 15 is 0 Å². The lowest BCUT2D eigenvalue weighted by atomic mass is 10.3. The fourth-order valence-electron chi connectivity index (χ4n) is 1.96. The molecule has 0 saturated carbocycles. The maximum atomic E-state index is 10.6. The molecule has 1 aromatic heterocycles. The quantitative estimate of drug-likeness (QED) is 0.649. The molecule has 0 saturated heterocycles. The van der Waals surface area contributed by atoms with Crippen LogP contribution in [-0.2, 0) is 16.1 Å². The van der Waals surface area contributed by atoms with Crippen LogP contribution in [0.15, 0.2) is 24.3 Å². The van der Waals surface area contributed by atoms with Gasteiger partial charge < -0.3 is 15.0 Å². The second-order valence-corrected chi connectivity index (χ2v) is 4.90. The van der Waals surface area contributed by atoms with Crippen LogP contribution in [0.5, 0.6) is 0 Å². The van der Waals surface area contributed by atoms with Crippen LogP contribution >= 0.6 is 11.6 Å². The molecular weight excluding hydrogens is 266 g/mol. The number of nitrogens with two attached hydrogens (primary N) is 1. The highest BCUT2D eigenvalue weighted by molar-refractivity contribution is 6.20. The van der Waals surface area contributed by atoms with Gasteiger partial charge >= 0.3 is 0 Å². The molecule has 1 heterocycles. The lowest BCUT2D eigenvalue weighted by Gasteiger charge is -2.10. The number of fused-ring (bicyclic) bond motifs is 1. The Labute approximate surface area is 116 Å². The number of primary amides is 1. The zero-order valence-electron chi connectivity index (χ0n) is 10.7. The zero-order chi connectivity index (χ0) is 13.8. The molecule has 19 heavy (non-hydrogen) atoms. The molecule has 0 aliphatic heterocycles. The van der Waals surface area contributed by atoms with Crippen molar-refractivity contribution >= 4 is 28.5 Å². The van der Waals surface area contributed by atoms with E-state index in [0.717, 1.165) is 16.9 Å². The number of alkyl halides is 1. The first-order valence-corrected chi connectivity index (χ1v) is 6.48. The molecule has 0 bridgehead atoms. The van der Waals surface area contributed by atoms with Crippen molar-refractivity contribution in [2.24, 2.45) is 5.73 Å². The summed E-state index contributed by atoms with van der Waals surface area (Å²) >= 11 is 6.14. The second-order valence-electron chi connectivity index (χ2n) is 4.25. The van der Waals surface area contributed by atoms with Gasteiger partial charge in [-0.3, -0.25) is 4.79 Å². The SMILES string of the molecule is CC(Cl)c1nc2ccccc2n1CCOCC(N)=O. The summed E-state index contributed by atoms with van der Waals surface area (Å²) in [7, 11) is 0. The summed E-state index contributed by atoms with van der Waals surface area (Å²) in [5, 5.41) is -0.191. The first-order chi connectivity index (χ1) is 9.09. The van der Waals surface area contributed by atoms with E-state index in [4.69, 9.17) is 22.1 Å². The number of amides is 1. The molecule has 1 atom stereocenters. The molecule has 0 fully saturated rings. The van der Waals surface area contributed by atoms with Gasteiger partial charge in [0.2, 0.25) is 5.91 Å². The lowest BCUT2D eigenvalue weighted by molar-refractivity contribution is -0.122. The normalized spacial score (nSPS) is 12.7. The van der Waals surface area contributed by atoms with E-state index in [0.29, 0.717) is 13.2 Å². The Bertz CT molecular complexity index is 580. The van der Waals surface area contributed by atoms with Crippen molar-refractivity contribution in [3.63, 3.8) is 0 Å². The molecule has 102 valence electrons. The third-order valence-electron chi connectivity index (χ3n) is 2.74. The Kier molecular flexibility index (Phi) is 4.39. The molecule has 2 aromatic rings. The molecule has 5 nitrogen and oxygen atoms in total. The summed E-state index contributed by atoms with van der Waals surface area (Å²) in [4.78, 5) is 15.1. The molecule has 2 rings (SSSR count). The van der Waals surface area contributed by atoms with E-state index in [1.165, 1.54) is 0 Å². The van der Waals surface area contributed by atoms with Gasteiger partial charge in [-0.25, -0.2) is 4.98 Å². The van der Waals surface area contributed by atoms with Crippen molar-refractivity contribution < 1.29 is 9.53 Å². The Morgan fingerprint density at radius 2 is 2.26 bits per heavy atom. The molecule has 0 aliphatic carbocycles. The molecule has 6 heteroatoms. The maximum absolute atomic E-state index is 10.6. The Hall–Kier alpha value is -1.59. The highest BCUT2D eigenvalue weighted by atomic mass is 35.5. The van der Waals surface area contributed by atoms with Gasteiger partial charge in [0.15, 0.2) is 0 Å². The summed E-state index contributed by atoms with van der Waals surface area (Å²) in [6.45, 7) is 2.78. The van der Waals surface area contributed by atoms with E-state index in [9.17, 15) is 4.79 Å². The predicted octanol–water partition coefficient (Wildman–Crippen LogP) is 1.84. The van der Waals surface area contributed by atoms with E-state index in [1.54, 1.807) is 0 Å². The van der Waals surface area contributed by atoms with Crippen LogP contribution in [-0.4, -0.2) is 28.7 Å². The van der Waals surface area contributed by atoms with Gasteiger partial charge in [-0.1, -0.05) is 12.1 Å². The minimum Gasteiger partial charge on any atom is -0.370 e. The van der Waals surface area contributed by atoms with E-state index in [2.05, 4.69) is 4.98 Å². The summed E-state index contributed by atoms with van der Waals surface area (Å²) < 4.78 is 7.19. The van der Waals surface area contributed by atoms with Crippen LogP contribution in [0.2, 0.25) is 0 Å². The molecule has 1 aromatic carbocycles. The molecule has 1 unspecified atom stereocenters. The predicted molar refractivity (Wildman–Crippen MR) is 74.0 cm³/mol. The number of aromatic nitrogens is 2. The number of rotatable bonds is 6. The number of carbonyl (C=O) groups is 1. The first kappa shape index (κ1) is 13.8. The average molecular weight is 282 g/mol. The number of para-hydroxylation sites is 2. The number of carbonyl (C=O) groups excluding carboxylic acids is 1.